The highest BCUT2D eigenvalue weighted by Crippen LogP contribution is 2.43. The first-order valence-electron chi connectivity index (χ1n) is 6.55. The molecule has 0 radical (unpaired) electrons. The van der Waals surface area contributed by atoms with Crippen LogP contribution < -0.4 is 9.64 Å². The summed E-state index contributed by atoms with van der Waals surface area (Å²) in [6.45, 7) is 1.76. The molecule has 4 nitrogen and oxygen atoms in total. The second kappa shape index (κ2) is 4.57. The predicted octanol–water partition coefficient (Wildman–Crippen LogP) is 2.91. The number of fused-ring (bicyclic) bond motifs is 1. The quantitative estimate of drug-likeness (QED) is 0.724. The normalized spacial score (nSPS) is 22.2. The molecule has 0 unspecified atom stereocenters. The molecule has 5 heteroatoms. The molecule has 18 heavy (non-hydrogen) atoms. The highest BCUT2D eigenvalue weighted by molar-refractivity contribution is 6.31. The van der Waals surface area contributed by atoms with Gasteiger partial charge in [-0.2, -0.15) is 5.10 Å². The number of hydrogen-bond donors (Lipinski definition) is 0. The zero-order chi connectivity index (χ0) is 12.6. The Hall–Kier alpha value is -1.03. The average molecular weight is 268 g/mol. The summed E-state index contributed by atoms with van der Waals surface area (Å²) in [4.78, 5) is 2.22. The van der Waals surface area contributed by atoms with E-state index in [0.717, 1.165) is 18.8 Å². The lowest BCUT2D eigenvalue weighted by Gasteiger charge is -2.37. The lowest BCUT2D eigenvalue weighted by Crippen LogP contribution is -2.39. The average Bonchev–Trinajstić information content (AvgIpc) is 2.50. The maximum absolute atomic E-state index is 6.08. The van der Waals surface area contributed by atoms with Gasteiger partial charge in [0, 0.05) is 19.0 Å². The second-order valence-electron chi connectivity index (χ2n) is 5.56. The van der Waals surface area contributed by atoms with E-state index in [0.29, 0.717) is 10.9 Å². The second-order valence-corrected chi connectivity index (χ2v) is 5.91. The monoisotopic (exact) mass is 267 g/mol. The lowest BCUT2D eigenvalue weighted by atomic mass is 9.74. The van der Waals surface area contributed by atoms with Crippen LogP contribution in [0, 0.1) is 5.41 Å². The summed E-state index contributed by atoms with van der Waals surface area (Å²) in [6.07, 6.45) is 8.18. The number of nitrogens with zero attached hydrogens (tertiary/aromatic N) is 3. The summed E-state index contributed by atoms with van der Waals surface area (Å²) < 4.78 is 5.97. The van der Waals surface area contributed by atoms with Crippen molar-refractivity contribution in [1.82, 2.24) is 10.2 Å². The van der Waals surface area contributed by atoms with Crippen LogP contribution in [0.4, 0.5) is 5.69 Å². The number of rotatable bonds is 0. The smallest absolute Gasteiger partial charge is 0.195 e. The minimum Gasteiger partial charge on any atom is -0.487 e. The molecule has 2 heterocycles. The molecule has 1 spiro atoms. The van der Waals surface area contributed by atoms with Crippen LogP contribution in [-0.4, -0.2) is 30.4 Å². The van der Waals surface area contributed by atoms with Crippen molar-refractivity contribution >= 4 is 17.3 Å². The van der Waals surface area contributed by atoms with E-state index in [1.807, 2.05) is 0 Å². The molecular formula is C13H18ClN3O. The van der Waals surface area contributed by atoms with Crippen molar-refractivity contribution in [3.05, 3.63) is 11.3 Å². The molecule has 1 aliphatic carbocycles. The van der Waals surface area contributed by atoms with E-state index in [2.05, 4.69) is 22.1 Å². The topological polar surface area (TPSA) is 38.2 Å². The van der Waals surface area contributed by atoms with Crippen molar-refractivity contribution in [3.63, 3.8) is 0 Å². The molecule has 0 atom stereocenters. The van der Waals surface area contributed by atoms with Gasteiger partial charge in [0.05, 0.1) is 12.8 Å². The van der Waals surface area contributed by atoms with Crippen LogP contribution >= 0.6 is 11.6 Å². The molecule has 0 N–H and O–H groups in total. The Kier molecular flexibility index (Phi) is 3.06. The molecule has 1 aromatic heterocycles. The van der Waals surface area contributed by atoms with Crippen molar-refractivity contribution in [2.75, 3.05) is 25.1 Å². The Labute approximate surface area is 112 Å². The Morgan fingerprint density at radius 3 is 2.89 bits per heavy atom. The Morgan fingerprint density at radius 2 is 2.11 bits per heavy atom. The van der Waals surface area contributed by atoms with Gasteiger partial charge in [0.2, 0.25) is 0 Å². The number of anilines is 1. The van der Waals surface area contributed by atoms with Crippen LogP contribution in [0.1, 0.15) is 32.1 Å². The predicted molar refractivity (Wildman–Crippen MR) is 71.3 cm³/mol. The van der Waals surface area contributed by atoms with Gasteiger partial charge in [0.1, 0.15) is 5.69 Å². The van der Waals surface area contributed by atoms with Gasteiger partial charge in [-0.1, -0.05) is 30.9 Å². The van der Waals surface area contributed by atoms with Crippen molar-refractivity contribution in [1.29, 1.82) is 0 Å². The van der Waals surface area contributed by atoms with Gasteiger partial charge in [0.25, 0.3) is 0 Å². The van der Waals surface area contributed by atoms with Gasteiger partial charge in [-0.15, -0.1) is 5.10 Å². The first kappa shape index (κ1) is 12.0. The van der Waals surface area contributed by atoms with E-state index in [4.69, 9.17) is 16.3 Å². The third-order valence-electron chi connectivity index (χ3n) is 4.17. The maximum atomic E-state index is 6.08. The van der Waals surface area contributed by atoms with Crippen LogP contribution in [-0.2, 0) is 0 Å². The molecule has 98 valence electrons. The summed E-state index contributed by atoms with van der Waals surface area (Å²) >= 11 is 6.08. The van der Waals surface area contributed by atoms with E-state index in [9.17, 15) is 0 Å². The molecule has 0 aromatic carbocycles. The van der Waals surface area contributed by atoms with Crippen molar-refractivity contribution in [2.45, 2.75) is 32.1 Å². The summed E-state index contributed by atoms with van der Waals surface area (Å²) in [5, 5.41) is 8.15. The molecule has 0 amide bonds. The highest BCUT2D eigenvalue weighted by Gasteiger charge is 2.37. The van der Waals surface area contributed by atoms with E-state index in [1.54, 1.807) is 6.20 Å². The molecule has 1 aliphatic heterocycles. The zero-order valence-electron chi connectivity index (χ0n) is 10.7. The third-order valence-corrected chi connectivity index (χ3v) is 4.41. The SMILES string of the molecule is CN1CC2(CCCCC2)COc2c1cnnc2Cl. The fourth-order valence-corrected chi connectivity index (χ4v) is 3.41. The first-order chi connectivity index (χ1) is 8.70. The first-order valence-corrected chi connectivity index (χ1v) is 6.93. The van der Waals surface area contributed by atoms with Crippen LogP contribution in [0.2, 0.25) is 5.15 Å². The number of hydrogen-bond acceptors (Lipinski definition) is 4. The molecule has 0 bridgehead atoms. The fraction of sp³-hybridized carbons (Fsp3) is 0.692. The highest BCUT2D eigenvalue weighted by atomic mass is 35.5. The number of aromatic nitrogens is 2. The summed E-state index contributed by atoms with van der Waals surface area (Å²) in [7, 11) is 2.09. The molecule has 3 rings (SSSR count). The number of ether oxygens (including phenoxy) is 1. The lowest BCUT2D eigenvalue weighted by molar-refractivity contribution is 0.111. The van der Waals surface area contributed by atoms with Crippen molar-refractivity contribution < 1.29 is 4.74 Å². The minimum absolute atomic E-state index is 0.273. The van der Waals surface area contributed by atoms with Gasteiger partial charge in [-0.05, 0) is 12.8 Å². The van der Waals surface area contributed by atoms with Gasteiger partial charge >= 0.3 is 0 Å². The van der Waals surface area contributed by atoms with Gasteiger partial charge < -0.3 is 9.64 Å². The number of halogens is 1. The van der Waals surface area contributed by atoms with Crippen LogP contribution in [0.3, 0.4) is 0 Å². The third kappa shape index (κ3) is 2.03. The fourth-order valence-electron chi connectivity index (χ4n) is 3.21. The van der Waals surface area contributed by atoms with E-state index < -0.39 is 0 Å². The standard InChI is InChI=1S/C13H18ClN3O/c1-17-8-13(5-3-2-4-6-13)9-18-11-10(17)7-15-16-12(11)14/h7H,2-6,8-9H2,1H3. The van der Waals surface area contributed by atoms with Gasteiger partial charge in [0.15, 0.2) is 10.9 Å². The van der Waals surface area contributed by atoms with Crippen LogP contribution in [0.15, 0.2) is 6.20 Å². The largest absolute Gasteiger partial charge is 0.487 e. The zero-order valence-corrected chi connectivity index (χ0v) is 11.4. The van der Waals surface area contributed by atoms with Gasteiger partial charge in [-0.3, -0.25) is 0 Å². The molecule has 1 fully saturated rings. The van der Waals surface area contributed by atoms with E-state index in [-0.39, 0.29) is 5.41 Å². The molecule has 0 saturated heterocycles. The molecule has 1 aromatic rings. The Balaban J connectivity index is 1.92. The van der Waals surface area contributed by atoms with E-state index in [1.165, 1.54) is 32.1 Å². The molecular weight excluding hydrogens is 250 g/mol. The van der Waals surface area contributed by atoms with E-state index >= 15 is 0 Å². The minimum atomic E-state index is 0.273. The summed E-state index contributed by atoms with van der Waals surface area (Å²) in [5.74, 6) is 0.691. The van der Waals surface area contributed by atoms with Crippen molar-refractivity contribution in [3.8, 4) is 5.75 Å². The van der Waals surface area contributed by atoms with Crippen LogP contribution in [0.25, 0.3) is 0 Å². The summed E-state index contributed by atoms with van der Waals surface area (Å²) in [6, 6.07) is 0. The van der Waals surface area contributed by atoms with Crippen molar-refractivity contribution in [2.24, 2.45) is 5.41 Å². The van der Waals surface area contributed by atoms with Crippen LogP contribution in [0.5, 0.6) is 5.75 Å². The molecule has 1 saturated carbocycles. The summed E-state index contributed by atoms with van der Waals surface area (Å²) in [5.41, 5.74) is 1.23. The van der Waals surface area contributed by atoms with Gasteiger partial charge in [-0.25, -0.2) is 0 Å². The maximum Gasteiger partial charge on any atom is 0.195 e. The molecule has 2 aliphatic rings. The Bertz CT molecular complexity index is 446. The Morgan fingerprint density at radius 1 is 1.33 bits per heavy atom.